The topological polar surface area (TPSA) is 109 Å². The molecule has 2 aromatic heterocycles. The van der Waals surface area contributed by atoms with Crippen LogP contribution >= 0.6 is 0 Å². The van der Waals surface area contributed by atoms with Crippen LogP contribution in [0.25, 0.3) is 43.6 Å². The number of rotatable bonds is 1. The van der Waals surface area contributed by atoms with Crippen LogP contribution in [0, 0.1) is 6.92 Å². The van der Waals surface area contributed by atoms with Crippen LogP contribution in [0.3, 0.4) is 0 Å². The van der Waals surface area contributed by atoms with Crippen molar-refractivity contribution in [1.82, 2.24) is 9.55 Å². The quantitative estimate of drug-likeness (QED) is 0.320. The van der Waals surface area contributed by atoms with Gasteiger partial charge in [-0.15, -0.1) is 0 Å². The molecule has 0 amide bonds. The van der Waals surface area contributed by atoms with E-state index in [0.717, 1.165) is 5.56 Å². The molecule has 0 saturated carbocycles. The zero-order valence-corrected chi connectivity index (χ0v) is 16.9. The van der Waals surface area contributed by atoms with Crippen molar-refractivity contribution >= 4 is 53.7 Å². The molecule has 0 spiro atoms. The van der Waals surface area contributed by atoms with Gasteiger partial charge in [-0.1, -0.05) is 18.2 Å². The van der Waals surface area contributed by atoms with Gasteiger partial charge < -0.3 is 9.55 Å². The van der Waals surface area contributed by atoms with Crippen molar-refractivity contribution in [2.75, 3.05) is 0 Å². The molecule has 0 aliphatic heterocycles. The van der Waals surface area contributed by atoms with Crippen LogP contribution in [0.5, 0.6) is 0 Å². The Morgan fingerprint density at radius 3 is 2.30 bits per heavy atom. The summed E-state index contributed by atoms with van der Waals surface area (Å²) in [5.41, 5.74) is 2.15. The number of hydrogen-bond donors (Lipinski definition) is 2. The van der Waals surface area contributed by atoms with Gasteiger partial charge in [0.15, 0.2) is 10.9 Å². The number of aryl methyl sites for hydroxylation is 2. The monoisotopic (exact) mass is 420 g/mol. The van der Waals surface area contributed by atoms with Crippen LogP contribution in [0.15, 0.2) is 63.0 Å². The first-order chi connectivity index (χ1) is 14.2. The van der Waals surface area contributed by atoms with Crippen LogP contribution in [0.1, 0.15) is 5.56 Å². The number of pyridine rings is 2. The van der Waals surface area contributed by atoms with E-state index in [1.165, 1.54) is 12.1 Å². The maximum absolute atomic E-state index is 13.3. The molecule has 0 fully saturated rings. The van der Waals surface area contributed by atoms with Crippen molar-refractivity contribution in [2.24, 2.45) is 7.05 Å². The highest BCUT2D eigenvalue weighted by molar-refractivity contribution is 7.86. The van der Waals surface area contributed by atoms with Crippen molar-refractivity contribution in [3.63, 3.8) is 0 Å². The van der Waals surface area contributed by atoms with Crippen LogP contribution in [-0.2, 0) is 17.2 Å². The van der Waals surface area contributed by atoms with Gasteiger partial charge >= 0.3 is 0 Å². The van der Waals surface area contributed by atoms with Crippen LogP contribution < -0.4 is 10.9 Å². The lowest BCUT2D eigenvalue weighted by Crippen LogP contribution is -2.14. The molecule has 0 saturated heterocycles. The predicted molar refractivity (Wildman–Crippen MR) is 117 cm³/mol. The minimum absolute atomic E-state index is 0.0895. The van der Waals surface area contributed by atoms with Crippen molar-refractivity contribution in [1.29, 1.82) is 0 Å². The number of benzene rings is 3. The van der Waals surface area contributed by atoms with Crippen molar-refractivity contribution in [3.8, 4) is 0 Å². The van der Waals surface area contributed by atoms with Crippen molar-refractivity contribution in [2.45, 2.75) is 11.8 Å². The molecule has 0 radical (unpaired) electrons. The van der Waals surface area contributed by atoms with E-state index in [2.05, 4.69) is 4.98 Å². The second-order valence-corrected chi connectivity index (χ2v) is 8.77. The molecule has 0 aliphatic rings. The molecule has 5 aromatic rings. The highest BCUT2D eigenvalue weighted by Crippen LogP contribution is 2.26. The number of fused-ring (bicyclic) bond motifs is 4. The van der Waals surface area contributed by atoms with Crippen molar-refractivity contribution < 1.29 is 13.0 Å². The lowest BCUT2D eigenvalue weighted by atomic mass is 10.0. The third-order valence-electron chi connectivity index (χ3n) is 5.63. The summed E-state index contributed by atoms with van der Waals surface area (Å²) in [4.78, 5) is 29.2. The summed E-state index contributed by atoms with van der Waals surface area (Å²) in [7, 11) is -2.91. The second kappa shape index (κ2) is 6.01. The maximum atomic E-state index is 13.3. The van der Waals surface area contributed by atoms with Gasteiger partial charge in [0.2, 0.25) is 0 Å². The van der Waals surface area contributed by atoms with Gasteiger partial charge in [0.1, 0.15) is 4.90 Å². The van der Waals surface area contributed by atoms with E-state index in [0.29, 0.717) is 32.8 Å². The van der Waals surface area contributed by atoms with Crippen LogP contribution in [0.4, 0.5) is 0 Å². The minimum atomic E-state index is -4.59. The fourth-order valence-corrected chi connectivity index (χ4v) is 4.90. The molecule has 5 rings (SSSR count). The summed E-state index contributed by atoms with van der Waals surface area (Å²) in [5, 5.41) is 1.18. The predicted octanol–water partition coefficient (Wildman–Crippen LogP) is 3.24. The molecule has 0 bridgehead atoms. The summed E-state index contributed by atoms with van der Waals surface area (Å²) in [5.74, 6) is 0. The highest BCUT2D eigenvalue weighted by Gasteiger charge is 2.20. The molecule has 0 aliphatic carbocycles. The van der Waals surface area contributed by atoms with Gasteiger partial charge in [0.05, 0.1) is 27.5 Å². The lowest BCUT2D eigenvalue weighted by molar-refractivity contribution is 0.484. The zero-order valence-electron chi connectivity index (χ0n) is 16.1. The number of H-pyrrole nitrogens is 1. The first-order valence-corrected chi connectivity index (χ1v) is 10.6. The van der Waals surface area contributed by atoms with E-state index < -0.39 is 20.4 Å². The van der Waals surface area contributed by atoms with Gasteiger partial charge in [-0.25, -0.2) is 0 Å². The van der Waals surface area contributed by atoms with Crippen LogP contribution in [0.2, 0.25) is 0 Å². The Morgan fingerprint density at radius 2 is 1.57 bits per heavy atom. The summed E-state index contributed by atoms with van der Waals surface area (Å²) in [6.07, 6.45) is 0. The van der Waals surface area contributed by atoms with E-state index in [4.69, 9.17) is 0 Å². The highest BCUT2D eigenvalue weighted by atomic mass is 32.2. The molecule has 0 atom stereocenters. The van der Waals surface area contributed by atoms with E-state index in [-0.39, 0.29) is 16.2 Å². The Morgan fingerprint density at radius 1 is 0.867 bits per heavy atom. The van der Waals surface area contributed by atoms with Gasteiger partial charge in [0.25, 0.3) is 10.1 Å². The number of hydrogen-bond acceptors (Lipinski definition) is 4. The first-order valence-electron chi connectivity index (χ1n) is 9.17. The molecule has 7 nitrogen and oxygen atoms in total. The summed E-state index contributed by atoms with van der Waals surface area (Å²) >= 11 is 0. The molecular weight excluding hydrogens is 404 g/mol. The third kappa shape index (κ3) is 2.44. The molecule has 150 valence electrons. The van der Waals surface area contributed by atoms with Gasteiger partial charge in [0, 0.05) is 23.2 Å². The minimum Gasteiger partial charge on any atom is -0.354 e. The molecule has 2 N–H and O–H groups in total. The Hall–Kier alpha value is -3.49. The number of nitrogens with one attached hydrogen (secondary N) is 1. The number of nitrogens with zero attached hydrogens (tertiary/aromatic N) is 1. The standard InChI is InChI=1S/C22H16N2O5S/c1-11-5-3-6-14-19(11)21(25)12-10-17-13(9-15(12)23-14)22(26)20-16(24(17)2)7-4-8-18(20)30(27,28)29/h3-10H,1-2H3,(H,23,25)(H,27,28,29). The second-order valence-electron chi connectivity index (χ2n) is 7.38. The molecule has 2 heterocycles. The summed E-state index contributed by atoms with van der Waals surface area (Å²) in [6, 6.07) is 13.0. The van der Waals surface area contributed by atoms with Crippen molar-refractivity contribution in [3.05, 3.63) is 74.5 Å². The molecular formula is C22H16N2O5S. The Labute approximate surface area is 169 Å². The largest absolute Gasteiger partial charge is 0.354 e. The molecule has 3 aromatic carbocycles. The zero-order chi connectivity index (χ0) is 21.4. The fraction of sp³-hybridized carbons (Fsp3) is 0.0909. The summed E-state index contributed by atoms with van der Waals surface area (Å²) in [6.45, 7) is 1.87. The van der Waals surface area contributed by atoms with Crippen LogP contribution in [-0.4, -0.2) is 22.5 Å². The van der Waals surface area contributed by atoms with E-state index in [9.17, 15) is 22.6 Å². The lowest BCUT2D eigenvalue weighted by Gasteiger charge is -2.13. The van der Waals surface area contributed by atoms with E-state index in [1.807, 2.05) is 19.1 Å². The van der Waals surface area contributed by atoms with Gasteiger partial charge in [-0.2, -0.15) is 8.42 Å². The van der Waals surface area contributed by atoms with E-state index >= 15 is 0 Å². The Balaban J connectivity index is 2.07. The fourth-order valence-electron chi connectivity index (χ4n) is 4.20. The average molecular weight is 420 g/mol. The summed E-state index contributed by atoms with van der Waals surface area (Å²) < 4.78 is 34.9. The normalized spacial score (nSPS) is 12.4. The Bertz CT molecular complexity index is 1780. The number of aromatic nitrogens is 2. The van der Waals surface area contributed by atoms with Gasteiger partial charge in [-0.05, 0) is 42.8 Å². The third-order valence-corrected chi connectivity index (χ3v) is 6.52. The number of aromatic amines is 1. The molecule has 30 heavy (non-hydrogen) atoms. The molecule has 0 unspecified atom stereocenters. The maximum Gasteiger partial charge on any atom is 0.295 e. The SMILES string of the molecule is Cc1cccc2[nH]c3cc4c(=O)c5c(S(=O)(=O)O)cccc5n(C)c4cc3c(=O)c12. The van der Waals surface area contributed by atoms with Gasteiger partial charge in [-0.3, -0.25) is 14.1 Å². The van der Waals surface area contributed by atoms with E-state index in [1.54, 1.807) is 35.9 Å². The smallest absolute Gasteiger partial charge is 0.295 e. The Kier molecular flexibility index (Phi) is 3.71. The molecule has 8 heteroatoms. The first kappa shape index (κ1) is 18.5. The average Bonchev–Trinajstić information content (AvgIpc) is 2.70.